The fraction of sp³-hybridized carbons (Fsp3) is 0.600. The normalized spacial score (nSPS) is 20.6. The summed E-state index contributed by atoms with van der Waals surface area (Å²) >= 11 is 0. The first-order valence-electron chi connectivity index (χ1n) is 9.08. The van der Waals surface area contributed by atoms with Gasteiger partial charge in [0, 0.05) is 22.3 Å². The van der Waals surface area contributed by atoms with Crippen LogP contribution in [-0.4, -0.2) is 27.2 Å². The van der Waals surface area contributed by atoms with Gasteiger partial charge in [0.05, 0.1) is 0 Å². The van der Waals surface area contributed by atoms with E-state index in [1.807, 2.05) is 20.8 Å². The van der Waals surface area contributed by atoms with Gasteiger partial charge in [0.15, 0.2) is 0 Å². The van der Waals surface area contributed by atoms with Crippen molar-refractivity contribution in [3.05, 3.63) is 29.1 Å². The lowest BCUT2D eigenvalue weighted by Crippen LogP contribution is -2.51. The second kappa shape index (κ2) is 6.04. The average Bonchev–Trinajstić information content (AvgIpc) is 2.81. The maximum absolute atomic E-state index is 12.2. The first-order chi connectivity index (χ1) is 11.6. The summed E-state index contributed by atoms with van der Waals surface area (Å²) in [5.74, 6) is 0.406. The molecule has 0 aliphatic heterocycles. The fourth-order valence-electron chi connectivity index (χ4n) is 3.47. The van der Waals surface area contributed by atoms with Crippen molar-refractivity contribution in [1.82, 2.24) is 15.3 Å². The zero-order chi connectivity index (χ0) is 18.4. The van der Waals surface area contributed by atoms with Gasteiger partial charge >= 0.3 is 6.09 Å². The van der Waals surface area contributed by atoms with Crippen LogP contribution in [0.5, 0.6) is 0 Å². The summed E-state index contributed by atoms with van der Waals surface area (Å²) in [5, 5.41) is 4.24. The number of ether oxygens (including phenoxy) is 1. The van der Waals surface area contributed by atoms with Gasteiger partial charge < -0.3 is 15.0 Å². The highest BCUT2D eigenvalue weighted by molar-refractivity contribution is 5.82. The lowest BCUT2D eigenvalue weighted by atomic mass is 9.81. The lowest BCUT2D eigenvalue weighted by molar-refractivity contribution is 0.0455. The van der Waals surface area contributed by atoms with Gasteiger partial charge in [-0.05, 0) is 70.6 Å². The van der Waals surface area contributed by atoms with Crippen molar-refractivity contribution < 1.29 is 9.53 Å². The SMILES string of the molecule is CC(C)c1ccc2c3c([nH]c2n1)CCC(C)(NC(=O)OC(C)(C)C)C3. The number of alkyl carbamates (subject to hydrolysis) is 1. The number of aromatic nitrogens is 2. The Labute approximate surface area is 149 Å². The predicted octanol–water partition coefficient (Wildman–Crippen LogP) is 4.46. The Morgan fingerprint density at radius 3 is 2.72 bits per heavy atom. The molecule has 2 aromatic rings. The van der Waals surface area contributed by atoms with Crippen molar-refractivity contribution in [2.24, 2.45) is 0 Å². The third-order valence-corrected chi connectivity index (χ3v) is 4.76. The lowest BCUT2D eigenvalue weighted by Gasteiger charge is -2.35. The van der Waals surface area contributed by atoms with Crippen molar-refractivity contribution in [3.8, 4) is 0 Å². The summed E-state index contributed by atoms with van der Waals surface area (Å²) in [7, 11) is 0. The van der Waals surface area contributed by atoms with Gasteiger partial charge in [-0.15, -0.1) is 0 Å². The molecule has 0 saturated carbocycles. The Kier molecular flexibility index (Phi) is 4.30. The summed E-state index contributed by atoms with van der Waals surface area (Å²) in [5.41, 5.74) is 3.77. The van der Waals surface area contributed by atoms with Crippen LogP contribution in [0.1, 0.15) is 70.8 Å². The predicted molar refractivity (Wildman–Crippen MR) is 100.0 cm³/mol. The Morgan fingerprint density at radius 2 is 2.08 bits per heavy atom. The molecule has 2 heterocycles. The molecule has 2 aromatic heterocycles. The van der Waals surface area contributed by atoms with Crippen LogP contribution >= 0.6 is 0 Å². The van der Waals surface area contributed by atoms with Gasteiger partial charge in [0.2, 0.25) is 0 Å². The molecule has 1 aliphatic carbocycles. The van der Waals surface area contributed by atoms with E-state index in [-0.39, 0.29) is 11.6 Å². The number of H-pyrrole nitrogens is 1. The number of nitrogens with zero attached hydrogens (tertiary/aromatic N) is 1. The minimum atomic E-state index is -0.488. The van der Waals surface area contributed by atoms with Crippen molar-refractivity contribution >= 4 is 17.1 Å². The van der Waals surface area contributed by atoms with E-state index in [9.17, 15) is 4.79 Å². The number of carbonyl (C=O) groups is 1. The number of carbonyl (C=O) groups excluding carboxylic acids is 1. The zero-order valence-electron chi connectivity index (χ0n) is 16.1. The first-order valence-corrected chi connectivity index (χ1v) is 9.08. The second-order valence-corrected chi connectivity index (χ2v) is 8.73. The number of hydrogen-bond acceptors (Lipinski definition) is 3. The van der Waals surface area contributed by atoms with Crippen molar-refractivity contribution in [2.75, 3.05) is 0 Å². The largest absolute Gasteiger partial charge is 0.444 e. The number of nitrogens with one attached hydrogen (secondary N) is 2. The summed E-state index contributed by atoms with van der Waals surface area (Å²) in [6.07, 6.45) is 2.21. The summed E-state index contributed by atoms with van der Waals surface area (Å²) in [6.45, 7) is 12.0. The molecule has 1 aliphatic rings. The fourth-order valence-corrected chi connectivity index (χ4v) is 3.47. The van der Waals surface area contributed by atoms with E-state index in [1.165, 1.54) is 11.3 Å². The molecule has 25 heavy (non-hydrogen) atoms. The summed E-state index contributed by atoms with van der Waals surface area (Å²) in [4.78, 5) is 20.5. The van der Waals surface area contributed by atoms with E-state index < -0.39 is 5.60 Å². The molecule has 0 aromatic carbocycles. The number of hydrogen-bond donors (Lipinski definition) is 2. The molecule has 5 heteroatoms. The highest BCUT2D eigenvalue weighted by atomic mass is 16.6. The number of amides is 1. The van der Waals surface area contributed by atoms with Gasteiger partial charge in [-0.3, -0.25) is 0 Å². The van der Waals surface area contributed by atoms with Gasteiger partial charge in [-0.25, -0.2) is 9.78 Å². The quantitative estimate of drug-likeness (QED) is 0.846. The van der Waals surface area contributed by atoms with E-state index >= 15 is 0 Å². The van der Waals surface area contributed by atoms with Gasteiger partial charge in [-0.2, -0.15) is 0 Å². The van der Waals surface area contributed by atoms with Crippen LogP contribution in [0.3, 0.4) is 0 Å². The van der Waals surface area contributed by atoms with Crippen molar-refractivity contribution in [2.45, 2.75) is 77.9 Å². The molecule has 136 valence electrons. The number of aromatic amines is 1. The molecule has 1 unspecified atom stereocenters. The molecule has 0 fully saturated rings. The average molecular weight is 343 g/mol. The third-order valence-electron chi connectivity index (χ3n) is 4.76. The molecule has 1 amide bonds. The van der Waals surface area contributed by atoms with Gasteiger partial charge in [0.25, 0.3) is 0 Å². The smallest absolute Gasteiger partial charge is 0.408 e. The second-order valence-electron chi connectivity index (χ2n) is 8.73. The molecular weight excluding hydrogens is 314 g/mol. The molecule has 0 saturated heterocycles. The minimum Gasteiger partial charge on any atom is -0.444 e. The van der Waals surface area contributed by atoms with Crippen LogP contribution in [-0.2, 0) is 17.6 Å². The van der Waals surface area contributed by atoms with Crippen LogP contribution in [0.2, 0.25) is 0 Å². The zero-order valence-corrected chi connectivity index (χ0v) is 16.1. The molecule has 0 spiro atoms. The topological polar surface area (TPSA) is 67.0 Å². The van der Waals surface area contributed by atoms with Crippen molar-refractivity contribution in [1.29, 1.82) is 0 Å². The Hall–Kier alpha value is -2.04. The maximum atomic E-state index is 12.2. The summed E-state index contributed by atoms with van der Waals surface area (Å²) < 4.78 is 5.43. The number of aryl methyl sites for hydroxylation is 1. The molecule has 1 atom stereocenters. The monoisotopic (exact) mass is 343 g/mol. The Bertz CT molecular complexity index is 801. The van der Waals surface area contributed by atoms with Crippen LogP contribution in [0.4, 0.5) is 4.79 Å². The van der Waals surface area contributed by atoms with Gasteiger partial charge in [-0.1, -0.05) is 13.8 Å². The van der Waals surface area contributed by atoms with Crippen LogP contribution in [0.15, 0.2) is 12.1 Å². The van der Waals surface area contributed by atoms with E-state index in [1.54, 1.807) is 0 Å². The molecule has 0 radical (unpaired) electrons. The highest BCUT2D eigenvalue weighted by Gasteiger charge is 2.35. The van der Waals surface area contributed by atoms with E-state index in [0.717, 1.165) is 36.0 Å². The third kappa shape index (κ3) is 3.80. The molecule has 2 N–H and O–H groups in total. The van der Waals surface area contributed by atoms with Crippen LogP contribution in [0, 0.1) is 0 Å². The number of rotatable bonds is 2. The Morgan fingerprint density at radius 1 is 1.36 bits per heavy atom. The summed E-state index contributed by atoms with van der Waals surface area (Å²) in [6, 6.07) is 4.26. The standard InChI is InChI=1S/C20H29N3O2/c1-12(2)15-8-7-13-14-11-20(6,23-18(24)25-19(3,4)5)10-9-16(14)22-17(13)21-15/h7-8,12H,9-11H2,1-6H3,(H,21,22)(H,23,24). The van der Waals surface area contributed by atoms with Crippen molar-refractivity contribution in [3.63, 3.8) is 0 Å². The highest BCUT2D eigenvalue weighted by Crippen LogP contribution is 2.34. The van der Waals surface area contributed by atoms with E-state index in [4.69, 9.17) is 9.72 Å². The molecular formula is C20H29N3O2. The Balaban J connectivity index is 1.85. The van der Waals surface area contributed by atoms with Crippen LogP contribution in [0.25, 0.3) is 11.0 Å². The first kappa shape index (κ1) is 17.8. The maximum Gasteiger partial charge on any atom is 0.408 e. The number of fused-ring (bicyclic) bond motifs is 3. The van der Waals surface area contributed by atoms with E-state index in [2.05, 4.69) is 43.2 Å². The molecule has 5 nitrogen and oxygen atoms in total. The molecule has 0 bridgehead atoms. The van der Waals surface area contributed by atoms with Crippen LogP contribution < -0.4 is 5.32 Å². The number of pyridine rings is 1. The van der Waals surface area contributed by atoms with Gasteiger partial charge in [0.1, 0.15) is 11.2 Å². The minimum absolute atomic E-state index is 0.304. The van der Waals surface area contributed by atoms with E-state index in [0.29, 0.717) is 5.92 Å². The molecule has 3 rings (SSSR count).